The van der Waals surface area contributed by atoms with Gasteiger partial charge in [-0.05, 0) is 36.6 Å². The molecule has 0 spiro atoms. The number of carbonyl (C=O) groups is 1. The van der Waals surface area contributed by atoms with Crippen LogP contribution in [0.25, 0.3) is 0 Å². The van der Waals surface area contributed by atoms with Crippen molar-refractivity contribution in [2.75, 3.05) is 16.8 Å². The normalized spacial score (nSPS) is 13.2. The van der Waals surface area contributed by atoms with Crippen LogP contribution in [0.1, 0.15) is 12.0 Å². The summed E-state index contributed by atoms with van der Waals surface area (Å²) >= 11 is 0.993. The molecular weight excluding hydrogens is 372 g/mol. The van der Waals surface area contributed by atoms with E-state index < -0.39 is 17.4 Å². The number of nitrogens with one attached hydrogen (secondary N) is 1. The molecule has 138 valence electrons. The summed E-state index contributed by atoms with van der Waals surface area (Å²) in [6.45, 7) is 0.609. The van der Waals surface area contributed by atoms with Gasteiger partial charge in [-0.25, -0.2) is 18.6 Å². The maximum atomic E-state index is 13.7. The summed E-state index contributed by atoms with van der Waals surface area (Å²) in [6, 6.07) is 10.9. The molecule has 27 heavy (non-hydrogen) atoms. The number of carbonyl (C=O) groups excluding carboxylic acids is 1. The van der Waals surface area contributed by atoms with Gasteiger partial charge in [0.15, 0.2) is 22.5 Å². The summed E-state index contributed by atoms with van der Waals surface area (Å²) in [5, 5.41) is 3.18. The monoisotopic (exact) mass is 387 g/mol. The average Bonchev–Trinajstić information content (AvgIpc) is 3.11. The molecule has 8 heteroatoms. The largest absolute Gasteiger partial charge is 0.439 e. The van der Waals surface area contributed by atoms with Crippen LogP contribution in [0.2, 0.25) is 0 Å². The number of hydrogen-bond acceptors (Lipinski definition) is 4. The lowest BCUT2D eigenvalue weighted by molar-refractivity contribution is 0.256. The van der Waals surface area contributed by atoms with E-state index >= 15 is 0 Å². The lowest BCUT2D eigenvalue weighted by Crippen LogP contribution is -2.38. The number of halogens is 2. The second-order valence-corrected chi connectivity index (χ2v) is 6.94. The lowest BCUT2D eigenvalue weighted by Gasteiger charge is -2.29. The zero-order valence-electron chi connectivity index (χ0n) is 14.1. The Morgan fingerprint density at radius 1 is 1.15 bits per heavy atom. The van der Waals surface area contributed by atoms with E-state index in [-0.39, 0.29) is 16.2 Å². The van der Waals surface area contributed by atoms with Gasteiger partial charge in [0.25, 0.3) is 0 Å². The Morgan fingerprint density at radius 3 is 2.74 bits per heavy atom. The summed E-state index contributed by atoms with van der Waals surface area (Å²) in [5.74, 6) is -2.11. The van der Waals surface area contributed by atoms with Crippen LogP contribution in [0.15, 0.2) is 48.7 Å². The second-order valence-electron chi connectivity index (χ2n) is 5.95. The van der Waals surface area contributed by atoms with Crippen molar-refractivity contribution >= 4 is 28.2 Å². The molecule has 2 amide bonds. The van der Waals surface area contributed by atoms with Crippen LogP contribution >= 0.6 is 11.3 Å². The van der Waals surface area contributed by atoms with Crippen LogP contribution in [0, 0.1) is 11.6 Å². The maximum Gasteiger partial charge on any atom is 0.328 e. The van der Waals surface area contributed by atoms with Gasteiger partial charge in [-0.3, -0.25) is 10.2 Å². The number of urea groups is 1. The third kappa shape index (κ3) is 3.61. The van der Waals surface area contributed by atoms with Crippen molar-refractivity contribution < 1.29 is 18.3 Å². The number of aryl methyl sites for hydroxylation is 1. The SMILES string of the molecule is O=C(Nc1ncc(Oc2c(F)cccc2F)s1)N1CCCc2ccccc21. The quantitative estimate of drug-likeness (QED) is 0.672. The minimum Gasteiger partial charge on any atom is -0.439 e. The van der Waals surface area contributed by atoms with Gasteiger partial charge in [-0.15, -0.1) is 0 Å². The maximum absolute atomic E-state index is 13.7. The number of hydrogen-bond donors (Lipinski definition) is 1. The molecule has 0 fully saturated rings. The highest BCUT2D eigenvalue weighted by Gasteiger charge is 2.23. The highest BCUT2D eigenvalue weighted by molar-refractivity contribution is 7.17. The number of thiazole rings is 1. The minimum absolute atomic E-state index is 0.174. The first-order chi connectivity index (χ1) is 13.1. The van der Waals surface area contributed by atoms with Crippen LogP contribution in [-0.2, 0) is 6.42 Å². The van der Waals surface area contributed by atoms with Crippen molar-refractivity contribution in [2.45, 2.75) is 12.8 Å². The topological polar surface area (TPSA) is 54.5 Å². The van der Waals surface area contributed by atoms with Gasteiger partial charge < -0.3 is 4.74 Å². The second kappa shape index (κ2) is 7.32. The Bertz CT molecular complexity index is 972. The third-order valence-electron chi connectivity index (χ3n) is 4.18. The molecule has 0 unspecified atom stereocenters. The Labute approximate surface area is 158 Å². The molecule has 0 radical (unpaired) electrons. The third-order valence-corrected chi connectivity index (χ3v) is 4.97. The fourth-order valence-corrected chi connectivity index (χ4v) is 3.61. The fourth-order valence-electron chi connectivity index (χ4n) is 2.95. The predicted molar refractivity (Wildman–Crippen MR) is 99.7 cm³/mol. The van der Waals surface area contributed by atoms with E-state index in [1.165, 1.54) is 12.3 Å². The van der Waals surface area contributed by atoms with Crippen molar-refractivity contribution in [1.29, 1.82) is 0 Å². The number of ether oxygens (including phenoxy) is 1. The van der Waals surface area contributed by atoms with Crippen LogP contribution in [0.4, 0.5) is 24.4 Å². The van der Waals surface area contributed by atoms with Crippen LogP contribution in [0.5, 0.6) is 10.8 Å². The van der Waals surface area contributed by atoms with Gasteiger partial charge in [0.2, 0.25) is 5.06 Å². The smallest absolute Gasteiger partial charge is 0.328 e. The van der Waals surface area contributed by atoms with Gasteiger partial charge in [0, 0.05) is 12.2 Å². The zero-order valence-corrected chi connectivity index (χ0v) is 14.9. The van der Waals surface area contributed by atoms with E-state index in [0.717, 1.165) is 47.6 Å². The highest BCUT2D eigenvalue weighted by atomic mass is 32.1. The number of para-hydroxylation sites is 2. The van der Waals surface area contributed by atoms with Gasteiger partial charge in [0.1, 0.15) is 0 Å². The number of amides is 2. The summed E-state index contributed by atoms with van der Waals surface area (Å²) in [5.41, 5.74) is 2.00. The summed E-state index contributed by atoms with van der Waals surface area (Å²) in [6.07, 6.45) is 3.13. The number of aromatic nitrogens is 1. The Hall–Kier alpha value is -3.00. The predicted octanol–water partition coefficient (Wildman–Crippen LogP) is 5.20. The minimum atomic E-state index is -0.807. The zero-order chi connectivity index (χ0) is 18.8. The van der Waals surface area contributed by atoms with Crippen molar-refractivity contribution in [3.8, 4) is 10.8 Å². The Morgan fingerprint density at radius 2 is 1.93 bits per heavy atom. The molecule has 1 aromatic heterocycles. The van der Waals surface area contributed by atoms with E-state index in [4.69, 9.17) is 4.74 Å². The van der Waals surface area contributed by atoms with Gasteiger partial charge >= 0.3 is 6.03 Å². The van der Waals surface area contributed by atoms with Gasteiger partial charge in [-0.2, -0.15) is 0 Å². The molecule has 1 aliphatic heterocycles. The number of rotatable bonds is 3. The molecule has 0 saturated carbocycles. The molecule has 1 aliphatic rings. The summed E-state index contributed by atoms with van der Waals surface area (Å²) in [4.78, 5) is 18.3. The lowest BCUT2D eigenvalue weighted by atomic mass is 10.0. The molecule has 0 aliphatic carbocycles. The molecule has 2 aromatic carbocycles. The molecule has 4 rings (SSSR count). The Balaban J connectivity index is 1.48. The van der Waals surface area contributed by atoms with Crippen molar-refractivity contribution in [3.05, 3.63) is 65.9 Å². The standard InChI is InChI=1S/C19H15F2N3O2S/c20-13-7-3-8-14(21)17(13)26-16-11-22-18(27-16)23-19(25)24-10-4-6-12-5-1-2-9-15(12)24/h1-3,5,7-9,11H,4,6,10H2,(H,22,23,25). The molecule has 1 N–H and O–H groups in total. The van der Waals surface area contributed by atoms with E-state index in [1.807, 2.05) is 24.3 Å². The first-order valence-electron chi connectivity index (χ1n) is 8.36. The molecule has 0 bridgehead atoms. The number of anilines is 2. The number of nitrogens with zero attached hydrogens (tertiary/aromatic N) is 2. The van der Waals surface area contributed by atoms with Crippen molar-refractivity contribution in [3.63, 3.8) is 0 Å². The molecular formula is C19H15F2N3O2S. The number of fused-ring (bicyclic) bond motifs is 1. The van der Waals surface area contributed by atoms with Gasteiger partial charge in [-0.1, -0.05) is 35.6 Å². The molecule has 0 saturated heterocycles. The average molecular weight is 387 g/mol. The van der Waals surface area contributed by atoms with Crippen molar-refractivity contribution in [2.24, 2.45) is 0 Å². The first kappa shape index (κ1) is 17.4. The molecule has 2 heterocycles. The first-order valence-corrected chi connectivity index (χ1v) is 9.17. The van der Waals surface area contributed by atoms with E-state index in [0.29, 0.717) is 6.54 Å². The fraction of sp³-hybridized carbons (Fsp3) is 0.158. The van der Waals surface area contributed by atoms with Crippen molar-refractivity contribution in [1.82, 2.24) is 4.98 Å². The molecule has 3 aromatic rings. The van der Waals surface area contributed by atoms with Crippen LogP contribution in [0.3, 0.4) is 0 Å². The summed E-state index contributed by atoms with van der Waals surface area (Å²) in [7, 11) is 0. The van der Waals surface area contributed by atoms with E-state index in [1.54, 1.807) is 4.90 Å². The molecule has 0 atom stereocenters. The van der Waals surface area contributed by atoms with E-state index in [9.17, 15) is 13.6 Å². The molecule has 5 nitrogen and oxygen atoms in total. The Kier molecular flexibility index (Phi) is 4.72. The van der Waals surface area contributed by atoms with E-state index in [2.05, 4.69) is 10.3 Å². The van der Waals surface area contributed by atoms with Crippen LogP contribution < -0.4 is 15.0 Å². The van der Waals surface area contributed by atoms with Crippen LogP contribution in [-0.4, -0.2) is 17.6 Å². The van der Waals surface area contributed by atoms with Gasteiger partial charge in [0.05, 0.1) is 6.20 Å². The summed E-state index contributed by atoms with van der Waals surface area (Å²) < 4.78 is 32.6. The highest BCUT2D eigenvalue weighted by Crippen LogP contribution is 2.34. The number of benzene rings is 2.